The second-order valence-electron chi connectivity index (χ2n) is 7.15. The van der Waals surface area contributed by atoms with Crippen LogP contribution in [0.25, 0.3) is 31.6 Å². The number of halogens is 1. The summed E-state index contributed by atoms with van der Waals surface area (Å²) in [6.45, 7) is 2.00. The van der Waals surface area contributed by atoms with E-state index in [1.807, 2.05) is 54.6 Å². The Morgan fingerprint density at radius 3 is 2.52 bits per heavy atom. The molecule has 1 N–H and O–H groups in total. The van der Waals surface area contributed by atoms with E-state index in [0.29, 0.717) is 31.7 Å². The average molecular weight is 493 g/mol. The Labute approximate surface area is 202 Å². The number of ether oxygens (including phenoxy) is 1. The second kappa shape index (κ2) is 8.94. The van der Waals surface area contributed by atoms with Gasteiger partial charge in [-0.3, -0.25) is 4.79 Å². The third-order valence-corrected chi connectivity index (χ3v) is 7.43. The molecule has 0 radical (unpaired) electrons. The van der Waals surface area contributed by atoms with E-state index in [4.69, 9.17) is 21.3 Å². The summed E-state index contributed by atoms with van der Waals surface area (Å²) in [5, 5.41) is 4.90. The standard InChI is InChI=1S/C25H17ClN2O3S2/c1-2-31-25(30)22-15-8-4-6-10-19(15)33-24(22)28-23(29)16-13-18(20-11-12-21(26)32-20)27-17-9-5-3-7-14(16)17/h3-13H,2H2,1H3,(H,28,29). The van der Waals surface area contributed by atoms with Gasteiger partial charge in [-0.1, -0.05) is 48.0 Å². The zero-order valence-electron chi connectivity index (χ0n) is 17.4. The highest BCUT2D eigenvalue weighted by molar-refractivity contribution is 7.23. The molecule has 0 saturated heterocycles. The van der Waals surface area contributed by atoms with Crippen LogP contribution in [0.1, 0.15) is 27.6 Å². The summed E-state index contributed by atoms with van der Waals surface area (Å²) in [7, 11) is 0. The number of nitrogens with zero attached hydrogens (tertiary/aromatic N) is 1. The van der Waals surface area contributed by atoms with E-state index >= 15 is 0 Å². The van der Waals surface area contributed by atoms with Crippen molar-refractivity contribution in [1.82, 2.24) is 4.98 Å². The lowest BCUT2D eigenvalue weighted by atomic mass is 10.1. The van der Waals surface area contributed by atoms with Crippen LogP contribution in [-0.4, -0.2) is 23.5 Å². The fraction of sp³-hybridized carbons (Fsp3) is 0.0800. The Bertz CT molecular complexity index is 1520. The number of aromatic nitrogens is 1. The average Bonchev–Trinajstić information content (AvgIpc) is 3.41. The number of hydrogen-bond donors (Lipinski definition) is 1. The molecule has 5 rings (SSSR count). The van der Waals surface area contributed by atoms with Gasteiger partial charge in [0.1, 0.15) is 10.6 Å². The molecular formula is C25H17ClN2O3S2. The third kappa shape index (κ3) is 4.11. The molecule has 33 heavy (non-hydrogen) atoms. The molecule has 2 aromatic carbocycles. The molecule has 164 valence electrons. The zero-order chi connectivity index (χ0) is 22.9. The minimum absolute atomic E-state index is 0.248. The number of rotatable bonds is 5. The first-order valence-electron chi connectivity index (χ1n) is 10.2. The lowest BCUT2D eigenvalue weighted by Gasteiger charge is -2.10. The topological polar surface area (TPSA) is 68.3 Å². The summed E-state index contributed by atoms with van der Waals surface area (Å²) in [6.07, 6.45) is 0. The van der Waals surface area contributed by atoms with E-state index in [9.17, 15) is 9.59 Å². The lowest BCUT2D eigenvalue weighted by Crippen LogP contribution is -2.15. The van der Waals surface area contributed by atoms with Crippen LogP contribution >= 0.6 is 34.3 Å². The van der Waals surface area contributed by atoms with Crippen molar-refractivity contribution in [3.05, 3.63) is 82.2 Å². The number of para-hydroxylation sites is 1. The Balaban J connectivity index is 1.61. The van der Waals surface area contributed by atoms with Crippen molar-refractivity contribution in [1.29, 1.82) is 0 Å². The van der Waals surface area contributed by atoms with Crippen molar-refractivity contribution in [2.45, 2.75) is 6.92 Å². The quantitative estimate of drug-likeness (QED) is 0.262. The number of pyridine rings is 1. The second-order valence-corrected chi connectivity index (χ2v) is 9.92. The van der Waals surface area contributed by atoms with Crippen LogP contribution in [-0.2, 0) is 4.74 Å². The number of nitrogens with one attached hydrogen (secondary N) is 1. The van der Waals surface area contributed by atoms with Gasteiger partial charge in [-0.15, -0.1) is 22.7 Å². The molecule has 0 spiro atoms. The van der Waals surface area contributed by atoms with Crippen molar-refractivity contribution in [3.63, 3.8) is 0 Å². The molecule has 5 nitrogen and oxygen atoms in total. The van der Waals surface area contributed by atoms with E-state index in [-0.39, 0.29) is 12.5 Å². The van der Waals surface area contributed by atoms with E-state index in [2.05, 4.69) is 5.32 Å². The van der Waals surface area contributed by atoms with Crippen molar-refractivity contribution >= 4 is 72.1 Å². The SMILES string of the molecule is CCOC(=O)c1c(NC(=O)c2cc(-c3ccc(Cl)s3)nc3ccccc23)sc2ccccc12. The molecule has 0 bridgehead atoms. The first kappa shape index (κ1) is 21.6. The van der Waals surface area contributed by atoms with E-state index in [1.165, 1.54) is 22.7 Å². The largest absolute Gasteiger partial charge is 0.462 e. The van der Waals surface area contributed by atoms with E-state index < -0.39 is 5.97 Å². The molecule has 3 heterocycles. The summed E-state index contributed by atoms with van der Waals surface area (Å²) < 4.78 is 6.81. The van der Waals surface area contributed by atoms with Gasteiger partial charge in [-0.05, 0) is 37.3 Å². The summed E-state index contributed by atoms with van der Waals surface area (Å²) in [4.78, 5) is 31.8. The molecule has 0 saturated carbocycles. The predicted molar refractivity (Wildman–Crippen MR) is 136 cm³/mol. The van der Waals surface area contributed by atoms with Crippen molar-refractivity contribution in [3.8, 4) is 10.6 Å². The van der Waals surface area contributed by atoms with Crippen LogP contribution in [0, 0.1) is 0 Å². The van der Waals surface area contributed by atoms with Gasteiger partial charge in [0.05, 0.1) is 32.6 Å². The number of carbonyl (C=O) groups excluding carboxylic acids is 2. The minimum atomic E-state index is -0.459. The van der Waals surface area contributed by atoms with Crippen LogP contribution in [0.15, 0.2) is 66.7 Å². The molecule has 3 aromatic heterocycles. The van der Waals surface area contributed by atoms with Gasteiger partial charge in [0, 0.05) is 15.5 Å². The van der Waals surface area contributed by atoms with Crippen LogP contribution < -0.4 is 5.32 Å². The summed E-state index contributed by atoms with van der Waals surface area (Å²) >= 11 is 8.87. The fourth-order valence-electron chi connectivity index (χ4n) is 3.65. The molecular weight excluding hydrogens is 476 g/mol. The number of carbonyl (C=O) groups is 2. The monoisotopic (exact) mass is 492 g/mol. The Morgan fingerprint density at radius 1 is 1.00 bits per heavy atom. The van der Waals surface area contributed by atoms with Gasteiger partial charge in [0.25, 0.3) is 5.91 Å². The van der Waals surface area contributed by atoms with Crippen molar-refractivity contribution in [2.75, 3.05) is 11.9 Å². The van der Waals surface area contributed by atoms with Gasteiger partial charge >= 0.3 is 5.97 Å². The number of thiophene rings is 2. The van der Waals surface area contributed by atoms with Crippen LogP contribution in [0.3, 0.4) is 0 Å². The highest BCUT2D eigenvalue weighted by Gasteiger charge is 2.23. The maximum absolute atomic E-state index is 13.5. The van der Waals surface area contributed by atoms with Crippen LogP contribution in [0.2, 0.25) is 4.34 Å². The van der Waals surface area contributed by atoms with Gasteiger partial charge in [0.15, 0.2) is 0 Å². The Kier molecular flexibility index (Phi) is 5.85. The maximum Gasteiger partial charge on any atom is 0.341 e. The number of anilines is 1. The molecule has 0 atom stereocenters. The Morgan fingerprint density at radius 2 is 1.76 bits per heavy atom. The van der Waals surface area contributed by atoms with E-state index in [0.717, 1.165) is 20.3 Å². The number of fused-ring (bicyclic) bond motifs is 2. The lowest BCUT2D eigenvalue weighted by molar-refractivity contribution is 0.0530. The number of esters is 1. The van der Waals surface area contributed by atoms with Crippen LogP contribution in [0.5, 0.6) is 0 Å². The smallest absolute Gasteiger partial charge is 0.341 e. The van der Waals surface area contributed by atoms with Crippen molar-refractivity contribution < 1.29 is 14.3 Å². The number of benzene rings is 2. The molecule has 1 amide bonds. The molecule has 0 fully saturated rings. The summed E-state index contributed by atoms with van der Waals surface area (Å²) in [6, 6.07) is 20.5. The Hall–Kier alpha value is -3.26. The van der Waals surface area contributed by atoms with E-state index in [1.54, 1.807) is 19.1 Å². The maximum atomic E-state index is 13.5. The normalized spacial score (nSPS) is 11.1. The fourth-order valence-corrected chi connectivity index (χ4v) is 5.74. The number of hydrogen-bond acceptors (Lipinski definition) is 6. The predicted octanol–water partition coefficient (Wildman–Crippen LogP) is 7.26. The molecule has 5 aromatic rings. The van der Waals surface area contributed by atoms with Gasteiger partial charge in [0.2, 0.25) is 0 Å². The summed E-state index contributed by atoms with van der Waals surface area (Å²) in [5.74, 6) is -0.784. The molecule has 0 aliphatic carbocycles. The molecule has 8 heteroatoms. The zero-order valence-corrected chi connectivity index (χ0v) is 19.8. The highest BCUT2D eigenvalue weighted by atomic mass is 35.5. The minimum Gasteiger partial charge on any atom is -0.462 e. The molecule has 0 aliphatic rings. The third-order valence-electron chi connectivity index (χ3n) is 5.09. The van der Waals surface area contributed by atoms with Gasteiger partial charge in [-0.25, -0.2) is 9.78 Å². The summed E-state index contributed by atoms with van der Waals surface area (Å²) in [5.41, 5.74) is 2.20. The van der Waals surface area contributed by atoms with Crippen LogP contribution in [0.4, 0.5) is 5.00 Å². The highest BCUT2D eigenvalue weighted by Crippen LogP contribution is 2.37. The molecule has 0 unspecified atom stereocenters. The first-order valence-corrected chi connectivity index (χ1v) is 12.2. The van der Waals surface area contributed by atoms with Crippen molar-refractivity contribution in [2.24, 2.45) is 0 Å². The van der Waals surface area contributed by atoms with Gasteiger partial charge in [-0.2, -0.15) is 0 Å². The first-order chi connectivity index (χ1) is 16.0. The molecule has 0 aliphatic heterocycles. The van der Waals surface area contributed by atoms with Gasteiger partial charge < -0.3 is 10.1 Å². The number of amides is 1.